The smallest absolute Gasteiger partial charge is 0.234 e. The molecule has 1 aliphatic heterocycles. The highest BCUT2D eigenvalue weighted by Crippen LogP contribution is 2.33. The standard InChI is InChI=1S/C23H21N3O3S/c1-14(2)15-3-5-19-16(9-15)10-17(12-24)23(26-19)30-13-22(27)25-18-4-6-20-21(11-18)29-8-7-28-20/h3-6,9-11,14H,7-8,13H2,1-2H3,(H,25,27). The van der Waals surface area contributed by atoms with Crippen molar-refractivity contribution in [1.82, 2.24) is 4.98 Å². The fourth-order valence-electron chi connectivity index (χ4n) is 3.18. The second-order valence-corrected chi connectivity index (χ2v) is 8.22. The minimum absolute atomic E-state index is 0.145. The molecule has 1 aliphatic rings. The Hall–Kier alpha value is -3.24. The van der Waals surface area contributed by atoms with Crippen LogP contribution >= 0.6 is 11.8 Å². The fourth-order valence-corrected chi connectivity index (χ4v) is 3.94. The lowest BCUT2D eigenvalue weighted by Gasteiger charge is -2.19. The van der Waals surface area contributed by atoms with Crippen molar-refractivity contribution in [2.45, 2.75) is 24.8 Å². The van der Waals surface area contributed by atoms with E-state index in [0.717, 1.165) is 10.9 Å². The highest BCUT2D eigenvalue weighted by Gasteiger charge is 2.14. The molecule has 30 heavy (non-hydrogen) atoms. The predicted octanol–water partition coefficient (Wildman–Crippen LogP) is 4.73. The number of amides is 1. The van der Waals surface area contributed by atoms with Gasteiger partial charge >= 0.3 is 0 Å². The topological polar surface area (TPSA) is 84.2 Å². The summed E-state index contributed by atoms with van der Waals surface area (Å²) in [6.45, 7) is 5.27. The largest absolute Gasteiger partial charge is 0.486 e. The maximum atomic E-state index is 12.4. The van der Waals surface area contributed by atoms with Gasteiger partial charge in [-0.25, -0.2) is 4.98 Å². The number of thioether (sulfide) groups is 1. The fraction of sp³-hybridized carbons (Fsp3) is 0.261. The second kappa shape index (κ2) is 8.64. The molecule has 0 radical (unpaired) electrons. The highest BCUT2D eigenvalue weighted by atomic mass is 32.2. The molecule has 3 aromatic rings. The molecule has 0 aliphatic carbocycles. The summed E-state index contributed by atoms with van der Waals surface area (Å²) in [5.74, 6) is 1.66. The van der Waals surface area contributed by atoms with Gasteiger partial charge in [0.25, 0.3) is 0 Å². The van der Waals surface area contributed by atoms with E-state index in [0.29, 0.717) is 46.9 Å². The van der Waals surface area contributed by atoms with Crippen molar-refractivity contribution in [3.8, 4) is 17.6 Å². The molecule has 0 bridgehead atoms. The lowest BCUT2D eigenvalue weighted by molar-refractivity contribution is -0.113. The van der Waals surface area contributed by atoms with Crippen LogP contribution in [-0.2, 0) is 4.79 Å². The first kappa shape index (κ1) is 20.0. The zero-order valence-corrected chi connectivity index (χ0v) is 17.6. The van der Waals surface area contributed by atoms with Gasteiger partial charge < -0.3 is 14.8 Å². The van der Waals surface area contributed by atoms with Gasteiger partial charge in [0.1, 0.15) is 24.3 Å². The number of nitrogens with zero attached hydrogens (tertiary/aromatic N) is 2. The average molecular weight is 420 g/mol. The van der Waals surface area contributed by atoms with E-state index in [-0.39, 0.29) is 11.7 Å². The summed E-state index contributed by atoms with van der Waals surface area (Å²) in [5.41, 5.74) is 3.12. The number of aromatic nitrogens is 1. The first-order chi connectivity index (χ1) is 14.5. The van der Waals surface area contributed by atoms with E-state index in [1.54, 1.807) is 18.2 Å². The van der Waals surface area contributed by atoms with Gasteiger partial charge in [-0.2, -0.15) is 5.26 Å². The monoisotopic (exact) mass is 419 g/mol. The molecule has 2 heterocycles. The number of nitrogens with one attached hydrogen (secondary N) is 1. The van der Waals surface area contributed by atoms with Crippen LogP contribution in [0, 0.1) is 11.3 Å². The van der Waals surface area contributed by atoms with Crippen molar-refractivity contribution in [3.05, 3.63) is 53.6 Å². The van der Waals surface area contributed by atoms with Gasteiger partial charge in [-0.15, -0.1) is 0 Å². The molecular formula is C23H21N3O3S. The Morgan fingerprint density at radius 1 is 1.17 bits per heavy atom. The number of carbonyl (C=O) groups excluding carboxylic acids is 1. The van der Waals surface area contributed by atoms with Crippen LogP contribution < -0.4 is 14.8 Å². The van der Waals surface area contributed by atoms with Crippen molar-refractivity contribution < 1.29 is 14.3 Å². The number of benzene rings is 2. The first-order valence-corrected chi connectivity index (χ1v) is 10.7. The third-order valence-corrected chi connectivity index (χ3v) is 5.75. The number of hydrogen-bond acceptors (Lipinski definition) is 6. The van der Waals surface area contributed by atoms with E-state index in [4.69, 9.17) is 9.47 Å². The van der Waals surface area contributed by atoms with Gasteiger partial charge in [0.05, 0.1) is 16.8 Å². The summed E-state index contributed by atoms with van der Waals surface area (Å²) in [6, 6.07) is 15.4. The number of hydrogen-bond donors (Lipinski definition) is 1. The molecule has 7 heteroatoms. The Bertz CT molecular complexity index is 1150. The van der Waals surface area contributed by atoms with E-state index >= 15 is 0 Å². The Kier molecular flexibility index (Phi) is 5.77. The quantitative estimate of drug-likeness (QED) is 0.602. The number of fused-ring (bicyclic) bond motifs is 2. The molecule has 2 aromatic carbocycles. The number of ether oxygens (including phenoxy) is 2. The van der Waals surface area contributed by atoms with E-state index in [1.807, 2.05) is 12.1 Å². The maximum Gasteiger partial charge on any atom is 0.234 e. The molecule has 1 N–H and O–H groups in total. The van der Waals surface area contributed by atoms with Crippen molar-refractivity contribution in [1.29, 1.82) is 5.26 Å². The van der Waals surface area contributed by atoms with Crippen molar-refractivity contribution in [3.63, 3.8) is 0 Å². The molecule has 4 rings (SSSR count). The van der Waals surface area contributed by atoms with Crippen molar-refractivity contribution >= 4 is 34.3 Å². The molecule has 0 saturated heterocycles. The molecule has 6 nitrogen and oxygen atoms in total. The van der Waals surface area contributed by atoms with Crippen LogP contribution in [0.4, 0.5) is 5.69 Å². The Morgan fingerprint density at radius 3 is 2.73 bits per heavy atom. The summed E-state index contributed by atoms with van der Waals surface area (Å²) in [4.78, 5) is 17.0. The minimum atomic E-state index is -0.183. The van der Waals surface area contributed by atoms with Crippen LogP contribution in [0.2, 0.25) is 0 Å². The molecule has 1 amide bonds. The summed E-state index contributed by atoms with van der Waals surface area (Å²) < 4.78 is 11.0. The van der Waals surface area contributed by atoms with E-state index in [9.17, 15) is 10.1 Å². The molecule has 0 unspecified atom stereocenters. The average Bonchev–Trinajstić information content (AvgIpc) is 2.76. The molecular weight excluding hydrogens is 398 g/mol. The highest BCUT2D eigenvalue weighted by molar-refractivity contribution is 8.00. The number of nitriles is 1. The summed E-state index contributed by atoms with van der Waals surface area (Å²) in [5, 5.41) is 13.9. The maximum absolute atomic E-state index is 12.4. The van der Waals surface area contributed by atoms with Crippen LogP contribution in [0.25, 0.3) is 10.9 Å². The molecule has 0 spiro atoms. The summed E-state index contributed by atoms with van der Waals surface area (Å²) in [6.07, 6.45) is 0. The van der Waals surface area contributed by atoms with Gasteiger partial charge in [0, 0.05) is 17.1 Å². The Morgan fingerprint density at radius 2 is 1.97 bits per heavy atom. The zero-order chi connectivity index (χ0) is 21.1. The van der Waals surface area contributed by atoms with Crippen molar-refractivity contribution in [2.75, 3.05) is 24.3 Å². The number of pyridine rings is 1. The molecule has 1 aromatic heterocycles. The number of carbonyl (C=O) groups is 1. The third-order valence-electron chi connectivity index (χ3n) is 4.76. The zero-order valence-electron chi connectivity index (χ0n) is 16.8. The first-order valence-electron chi connectivity index (χ1n) is 9.70. The van der Waals surface area contributed by atoms with Gasteiger partial charge in [-0.3, -0.25) is 4.79 Å². The molecule has 0 atom stereocenters. The lowest BCUT2D eigenvalue weighted by Crippen LogP contribution is -2.17. The number of rotatable bonds is 5. The van der Waals surface area contributed by atoms with Crippen molar-refractivity contribution in [2.24, 2.45) is 0 Å². The van der Waals surface area contributed by atoms with Gasteiger partial charge in [-0.1, -0.05) is 31.7 Å². The third kappa shape index (κ3) is 4.34. The Labute approximate surface area is 179 Å². The molecule has 152 valence electrons. The summed E-state index contributed by atoms with van der Waals surface area (Å²) >= 11 is 1.25. The van der Waals surface area contributed by atoms with E-state index < -0.39 is 0 Å². The van der Waals surface area contributed by atoms with Gasteiger partial charge in [-0.05, 0) is 41.8 Å². The Balaban J connectivity index is 1.46. The number of anilines is 1. The SMILES string of the molecule is CC(C)c1ccc2nc(SCC(=O)Nc3ccc4c(c3)OCCO4)c(C#N)cc2c1. The van der Waals surface area contributed by atoms with Crippen LogP contribution in [0.3, 0.4) is 0 Å². The van der Waals surface area contributed by atoms with Crippen LogP contribution in [0.15, 0.2) is 47.5 Å². The van der Waals surface area contributed by atoms with Crippen LogP contribution in [-0.4, -0.2) is 29.9 Å². The van der Waals surface area contributed by atoms with Gasteiger partial charge in [0.2, 0.25) is 5.91 Å². The molecule has 0 fully saturated rings. The van der Waals surface area contributed by atoms with Gasteiger partial charge in [0.15, 0.2) is 11.5 Å². The van der Waals surface area contributed by atoms with E-state index in [1.165, 1.54) is 17.3 Å². The van der Waals surface area contributed by atoms with Crippen LogP contribution in [0.5, 0.6) is 11.5 Å². The predicted molar refractivity (Wildman–Crippen MR) is 117 cm³/mol. The minimum Gasteiger partial charge on any atom is -0.486 e. The normalized spacial score (nSPS) is 12.6. The summed E-state index contributed by atoms with van der Waals surface area (Å²) in [7, 11) is 0. The molecule has 0 saturated carbocycles. The second-order valence-electron chi connectivity index (χ2n) is 7.26. The van der Waals surface area contributed by atoms with E-state index in [2.05, 4.69) is 42.4 Å². The lowest BCUT2D eigenvalue weighted by atomic mass is 10.0. The van der Waals surface area contributed by atoms with Crippen LogP contribution in [0.1, 0.15) is 30.9 Å².